The molecule has 3 rings (SSSR count). The van der Waals surface area contributed by atoms with Crippen molar-refractivity contribution in [1.29, 1.82) is 0 Å². The largest absolute Gasteiger partial charge is 0.313 e. The van der Waals surface area contributed by atoms with E-state index in [9.17, 15) is 0 Å². The number of hydrogen-bond donors (Lipinski definition) is 1. The van der Waals surface area contributed by atoms with Crippen LogP contribution >= 0.6 is 0 Å². The van der Waals surface area contributed by atoms with E-state index in [4.69, 9.17) is 0 Å². The summed E-state index contributed by atoms with van der Waals surface area (Å²) >= 11 is 0. The van der Waals surface area contributed by atoms with Gasteiger partial charge >= 0.3 is 0 Å². The molecule has 1 aromatic carbocycles. The molecule has 0 aromatic heterocycles. The van der Waals surface area contributed by atoms with Crippen LogP contribution in [0, 0.1) is 17.8 Å². The maximum atomic E-state index is 3.60. The number of benzene rings is 1. The van der Waals surface area contributed by atoms with Crippen LogP contribution in [0.25, 0.3) is 6.08 Å². The van der Waals surface area contributed by atoms with E-state index < -0.39 is 0 Å². The van der Waals surface area contributed by atoms with E-state index >= 15 is 0 Å². The van der Waals surface area contributed by atoms with Crippen molar-refractivity contribution in [3.63, 3.8) is 0 Å². The van der Waals surface area contributed by atoms with Gasteiger partial charge in [-0.1, -0.05) is 48.9 Å². The molecule has 1 heteroatoms. The molecule has 18 heavy (non-hydrogen) atoms. The predicted molar refractivity (Wildman–Crippen MR) is 77.3 cm³/mol. The van der Waals surface area contributed by atoms with Gasteiger partial charge in [0.2, 0.25) is 0 Å². The fourth-order valence-electron chi connectivity index (χ4n) is 3.74. The summed E-state index contributed by atoms with van der Waals surface area (Å²) in [7, 11) is 0. The zero-order valence-corrected chi connectivity index (χ0v) is 11.0. The Hall–Kier alpha value is -1.08. The van der Waals surface area contributed by atoms with Crippen molar-refractivity contribution in [1.82, 2.24) is 5.32 Å². The lowest BCUT2D eigenvalue weighted by molar-refractivity contribution is 0.323. The quantitative estimate of drug-likeness (QED) is 0.775. The Balaban J connectivity index is 1.37. The average molecular weight is 241 g/mol. The Morgan fingerprint density at radius 1 is 1.11 bits per heavy atom. The summed E-state index contributed by atoms with van der Waals surface area (Å²) in [5.74, 6) is 3.08. The van der Waals surface area contributed by atoms with E-state index in [1.165, 1.54) is 37.8 Å². The first-order valence-corrected chi connectivity index (χ1v) is 7.34. The minimum absolute atomic E-state index is 0.967. The van der Waals surface area contributed by atoms with Gasteiger partial charge in [-0.2, -0.15) is 0 Å². The second-order valence-corrected chi connectivity index (χ2v) is 5.91. The molecule has 3 unspecified atom stereocenters. The second kappa shape index (κ2) is 5.71. The van der Waals surface area contributed by atoms with Crippen molar-refractivity contribution in [3.05, 3.63) is 42.0 Å². The van der Waals surface area contributed by atoms with Crippen LogP contribution in [0.3, 0.4) is 0 Å². The molecule has 0 amide bonds. The molecule has 0 aliphatic heterocycles. The van der Waals surface area contributed by atoms with Crippen molar-refractivity contribution < 1.29 is 0 Å². The molecule has 3 atom stereocenters. The van der Waals surface area contributed by atoms with Gasteiger partial charge in [-0.15, -0.1) is 0 Å². The molecule has 2 fully saturated rings. The van der Waals surface area contributed by atoms with Gasteiger partial charge in [0.15, 0.2) is 0 Å². The molecule has 2 aliphatic carbocycles. The highest BCUT2D eigenvalue weighted by Gasteiger charge is 2.38. The van der Waals surface area contributed by atoms with Gasteiger partial charge in [-0.25, -0.2) is 0 Å². The van der Waals surface area contributed by atoms with E-state index in [1.807, 2.05) is 0 Å². The van der Waals surface area contributed by atoms with Gasteiger partial charge in [0.1, 0.15) is 0 Å². The first kappa shape index (κ1) is 12.0. The van der Waals surface area contributed by atoms with E-state index in [0.29, 0.717) is 0 Å². The summed E-state index contributed by atoms with van der Waals surface area (Å²) in [5.41, 5.74) is 1.29. The van der Waals surface area contributed by atoms with Crippen molar-refractivity contribution in [2.24, 2.45) is 17.8 Å². The minimum Gasteiger partial charge on any atom is -0.313 e. The van der Waals surface area contributed by atoms with Crippen LogP contribution < -0.4 is 5.32 Å². The smallest absolute Gasteiger partial charge is 0.0138 e. The SMILES string of the molecule is C(=Cc1ccccc1)CNCC1CC2CCC1C2. The van der Waals surface area contributed by atoms with Gasteiger partial charge in [0, 0.05) is 6.54 Å². The van der Waals surface area contributed by atoms with Crippen molar-refractivity contribution in [3.8, 4) is 0 Å². The summed E-state index contributed by atoms with van der Waals surface area (Å²) in [4.78, 5) is 0. The monoisotopic (exact) mass is 241 g/mol. The normalized spacial score (nSPS) is 30.3. The highest BCUT2D eigenvalue weighted by atomic mass is 14.9. The van der Waals surface area contributed by atoms with E-state index in [0.717, 1.165) is 24.3 Å². The molecular weight excluding hydrogens is 218 g/mol. The van der Waals surface area contributed by atoms with Crippen LogP contribution in [0.4, 0.5) is 0 Å². The van der Waals surface area contributed by atoms with Crippen LogP contribution in [0.15, 0.2) is 36.4 Å². The third-order valence-corrected chi connectivity index (χ3v) is 4.66. The van der Waals surface area contributed by atoms with Gasteiger partial charge < -0.3 is 5.32 Å². The topological polar surface area (TPSA) is 12.0 Å². The van der Waals surface area contributed by atoms with Gasteiger partial charge in [0.05, 0.1) is 0 Å². The predicted octanol–water partition coefficient (Wildman–Crippen LogP) is 3.73. The van der Waals surface area contributed by atoms with Crippen LogP contribution in [-0.2, 0) is 0 Å². The molecule has 2 aliphatic rings. The van der Waals surface area contributed by atoms with E-state index in [1.54, 1.807) is 0 Å². The molecule has 0 heterocycles. The molecule has 1 nitrogen and oxygen atoms in total. The fraction of sp³-hybridized carbons (Fsp3) is 0.529. The molecular formula is C17H23N. The van der Waals surface area contributed by atoms with Crippen molar-refractivity contribution >= 4 is 6.08 Å². The van der Waals surface area contributed by atoms with Gasteiger partial charge in [-0.3, -0.25) is 0 Å². The minimum atomic E-state index is 0.967. The second-order valence-electron chi connectivity index (χ2n) is 5.91. The third-order valence-electron chi connectivity index (χ3n) is 4.66. The number of fused-ring (bicyclic) bond motifs is 2. The summed E-state index contributed by atoms with van der Waals surface area (Å²) < 4.78 is 0. The van der Waals surface area contributed by atoms with Crippen molar-refractivity contribution in [2.45, 2.75) is 25.7 Å². The number of hydrogen-bond acceptors (Lipinski definition) is 1. The molecule has 0 spiro atoms. The molecule has 2 bridgehead atoms. The number of nitrogens with one attached hydrogen (secondary N) is 1. The molecule has 1 aromatic rings. The van der Waals surface area contributed by atoms with E-state index in [-0.39, 0.29) is 0 Å². The molecule has 0 radical (unpaired) electrons. The van der Waals surface area contributed by atoms with Crippen LogP contribution in [0.2, 0.25) is 0 Å². The lowest BCUT2D eigenvalue weighted by Gasteiger charge is -2.21. The Morgan fingerprint density at radius 2 is 2.00 bits per heavy atom. The fourth-order valence-corrected chi connectivity index (χ4v) is 3.74. The lowest BCUT2D eigenvalue weighted by Crippen LogP contribution is -2.26. The molecule has 0 saturated heterocycles. The zero-order chi connectivity index (χ0) is 12.2. The Kier molecular flexibility index (Phi) is 3.80. The average Bonchev–Trinajstić information content (AvgIpc) is 3.02. The zero-order valence-electron chi connectivity index (χ0n) is 11.0. The summed E-state index contributed by atoms with van der Waals surface area (Å²) in [5, 5.41) is 3.60. The molecule has 96 valence electrons. The maximum Gasteiger partial charge on any atom is 0.0138 e. The standard InChI is InChI=1S/C17H23N/c1-2-5-14(6-3-1)7-4-10-18-13-17-12-15-8-9-16(17)11-15/h1-7,15-18H,8-13H2. The third kappa shape index (κ3) is 2.84. The Labute approximate surface area is 110 Å². The van der Waals surface area contributed by atoms with Gasteiger partial charge in [0.25, 0.3) is 0 Å². The maximum absolute atomic E-state index is 3.60. The summed E-state index contributed by atoms with van der Waals surface area (Å²) in [6.07, 6.45) is 10.5. The Morgan fingerprint density at radius 3 is 2.72 bits per heavy atom. The number of rotatable bonds is 5. The first-order chi connectivity index (χ1) is 8.92. The lowest BCUT2D eigenvalue weighted by atomic mass is 9.89. The summed E-state index contributed by atoms with van der Waals surface area (Å²) in [6.45, 7) is 2.23. The van der Waals surface area contributed by atoms with Crippen LogP contribution in [0.5, 0.6) is 0 Å². The van der Waals surface area contributed by atoms with Gasteiger partial charge in [-0.05, 0) is 49.1 Å². The highest BCUT2D eigenvalue weighted by molar-refractivity contribution is 5.48. The van der Waals surface area contributed by atoms with Crippen LogP contribution in [-0.4, -0.2) is 13.1 Å². The molecule has 2 saturated carbocycles. The van der Waals surface area contributed by atoms with Crippen LogP contribution in [0.1, 0.15) is 31.2 Å². The van der Waals surface area contributed by atoms with E-state index in [2.05, 4.69) is 47.8 Å². The molecule has 1 N–H and O–H groups in total. The highest BCUT2D eigenvalue weighted by Crippen LogP contribution is 2.47. The summed E-state index contributed by atoms with van der Waals surface area (Å²) in [6, 6.07) is 10.5. The Bertz CT molecular complexity index is 395. The van der Waals surface area contributed by atoms with Crippen molar-refractivity contribution in [2.75, 3.05) is 13.1 Å². The first-order valence-electron chi connectivity index (χ1n) is 7.34.